The number of ether oxygens (including phenoxy) is 3. The topological polar surface area (TPSA) is 92.9 Å². The van der Waals surface area contributed by atoms with Crippen LogP contribution in [0.1, 0.15) is 41.1 Å². The number of carbonyl (C=O) groups is 2. The molecular formula is C32H33N3O5. The molecule has 1 fully saturated rings. The predicted molar refractivity (Wildman–Crippen MR) is 154 cm³/mol. The first-order valence-corrected chi connectivity index (χ1v) is 13.6. The highest BCUT2D eigenvalue weighted by atomic mass is 16.5. The summed E-state index contributed by atoms with van der Waals surface area (Å²) in [6, 6.07) is 18.8. The first kappa shape index (κ1) is 26.0. The second kappa shape index (κ2) is 10.7. The van der Waals surface area contributed by atoms with Crippen LogP contribution in [-0.4, -0.2) is 50.7 Å². The number of carbonyl (C=O) groups excluding carboxylic acids is 2. The van der Waals surface area contributed by atoms with Crippen molar-refractivity contribution in [2.24, 2.45) is 0 Å². The maximum Gasteiger partial charge on any atom is 0.251 e. The van der Waals surface area contributed by atoms with E-state index in [1.807, 2.05) is 24.3 Å². The van der Waals surface area contributed by atoms with E-state index in [9.17, 15) is 9.59 Å². The fourth-order valence-corrected chi connectivity index (χ4v) is 6.19. The van der Waals surface area contributed by atoms with Gasteiger partial charge in [-0.05, 0) is 78.4 Å². The van der Waals surface area contributed by atoms with E-state index < -0.39 is 6.04 Å². The molecule has 2 amide bonds. The standard InChI is InChI=1S/C32H33N3O5/c1-38-21-10-12-26-25(16-21)23(13-14-33-27-18-30(36)35(32(27)37)20-7-5-4-6-8-20)31(34-26)22-11-9-19-15-28(39-2)29(40-3)17-24(19)22/h4-8,10,12,15-17,22,27,33-34H,9,11,13-14,18H2,1-3H3/t22-,27-/m1/s1. The van der Waals surface area contributed by atoms with E-state index in [0.29, 0.717) is 18.7 Å². The SMILES string of the molecule is COc1ccc2[nH]c([C@@H]3CCc4cc(OC)c(OC)cc43)c(CCN[C@@H]3CC(=O)N(c4ccccc4)C3=O)c2c1. The van der Waals surface area contributed by atoms with Gasteiger partial charge in [0, 0.05) is 29.1 Å². The third kappa shape index (κ3) is 4.48. The van der Waals surface area contributed by atoms with Gasteiger partial charge in [-0.1, -0.05) is 18.2 Å². The molecule has 1 aromatic heterocycles. The summed E-state index contributed by atoms with van der Waals surface area (Å²) < 4.78 is 16.7. The number of hydrogen-bond donors (Lipinski definition) is 2. The Hall–Kier alpha value is -4.30. The van der Waals surface area contributed by atoms with E-state index >= 15 is 0 Å². The summed E-state index contributed by atoms with van der Waals surface area (Å²) in [6.07, 6.45) is 2.76. The minimum absolute atomic E-state index is 0.153. The van der Waals surface area contributed by atoms with Gasteiger partial charge in [-0.15, -0.1) is 0 Å². The van der Waals surface area contributed by atoms with Crippen molar-refractivity contribution in [1.29, 1.82) is 0 Å². The van der Waals surface area contributed by atoms with Gasteiger partial charge in [-0.25, -0.2) is 4.90 Å². The normalized spacial score (nSPS) is 18.4. The van der Waals surface area contributed by atoms with E-state index in [1.54, 1.807) is 33.5 Å². The number of fused-ring (bicyclic) bond motifs is 2. The van der Waals surface area contributed by atoms with Crippen LogP contribution in [0.5, 0.6) is 17.2 Å². The Kier molecular flexibility index (Phi) is 6.94. The van der Waals surface area contributed by atoms with Crippen molar-refractivity contribution in [2.45, 2.75) is 37.6 Å². The van der Waals surface area contributed by atoms with Gasteiger partial charge in [0.2, 0.25) is 5.91 Å². The van der Waals surface area contributed by atoms with Crippen molar-refractivity contribution < 1.29 is 23.8 Å². The van der Waals surface area contributed by atoms with Gasteiger partial charge >= 0.3 is 0 Å². The summed E-state index contributed by atoms with van der Waals surface area (Å²) in [5.74, 6) is 2.04. The quantitative estimate of drug-likeness (QED) is 0.299. The van der Waals surface area contributed by atoms with Crippen molar-refractivity contribution in [3.8, 4) is 17.2 Å². The smallest absolute Gasteiger partial charge is 0.251 e. The van der Waals surface area contributed by atoms with Gasteiger partial charge in [0.25, 0.3) is 5.91 Å². The number of imide groups is 1. The largest absolute Gasteiger partial charge is 0.497 e. The monoisotopic (exact) mass is 539 g/mol. The molecule has 0 spiro atoms. The minimum atomic E-state index is -0.542. The highest BCUT2D eigenvalue weighted by molar-refractivity contribution is 6.22. The van der Waals surface area contributed by atoms with Gasteiger partial charge in [0.05, 0.1) is 39.5 Å². The summed E-state index contributed by atoms with van der Waals surface area (Å²) in [7, 11) is 4.99. The molecule has 1 aliphatic carbocycles. The summed E-state index contributed by atoms with van der Waals surface area (Å²) in [4.78, 5) is 30.8. The zero-order chi connectivity index (χ0) is 27.8. The van der Waals surface area contributed by atoms with Crippen LogP contribution in [0, 0.1) is 0 Å². The number of benzene rings is 3. The first-order valence-electron chi connectivity index (χ1n) is 13.6. The van der Waals surface area contributed by atoms with E-state index in [1.165, 1.54) is 21.6 Å². The predicted octanol–water partition coefficient (Wildman–Crippen LogP) is 4.74. The molecule has 8 heteroatoms. The number of aromatic amines is 1. The number of nitrogens with one attached hydrogen (secondary N) is 2. The highest BCUT2D eigenvalue weighted by Crippen LogP contribution is 2.45. The van der Waals surface area contributed by atoms with Gasteiger partial charge in [0.15, 0.2) is 11.5 Å². The lowest BCUT2D eigenvalue weighted by Gasteiger charge is -2.17. The van der Waals surface area contributed by atoms with Crippen LogP contribution in [0.25, 0.3) is 10.9 Å². The molecule has 206 valence electrons. The fourth-order valence-electron chi connectivity index (χ4n) is 6.19. The van der Waals surface area contributed by atoms with Crippen LogP contribution < -0.4 is 24.4 Å². The molecule has 0 unspecified atom stereocenters. The molecule has 8 nitrogen and oxygen atoms in total. The Bertz CT molecular complexity index is 1580. The lowest BCUT2D eigenvalue weighted by Crippen LogP contribution is -2.39. The number of rotatable bonds is 9. The number of methoxy groups -OCH3 is 3. The average Bonchev–Trinajstić information content (AvgIpc) is 3.64. The lowest BCUT2D eigenvalue weighted by atomic mass is 9.92. The van der Waals surface area contributed by atoms with Crippen LogP contribution in [0.3, 0.4) is 0 Å². The molecule has 2 heterocycles. The molecule has 1 aliphatic heterocycles. The zero-order valence-electron chi connectivity index (χ0n) is 23.0. The maximum atomic E-state index is 13.1. The summed E-state index contributed by atoms with van der Waals surface area (Å²) in [6.45, 7) is 0.551. The molecule has 0 radical (unpaired) electrons. The van der Waals surface area contributed by atoms with E-state index in [0.717, 1.165) is 46.7 Å². The van der Waals surface area contributed by atoms with Crippen molar-refractivity contribution in [3.63, 3.8) is 0 Å². The number of aryl methyl sites for hydroxylation is 1. The molecule has 0 bridgehead atoms. The summed E-state index contributed by atoms with van der Waals surface area (Å²) in [5, 5.41) is 4.47. The van der Waals surface area contributed by atoms with Crippen LogP contribution in [0.4, 0.5) is 5.69 Å². The van der Waals surface area contributed by atoms with Gasteiger partial charge in [0.1, 0.15) is 5.75 Å². The fraction of sp³-hybridized carbons (Fsp3) is 0.312. The van der Waals surface area contributed by atoms with E-state index in [4.69, 9.17) is 14.2 Å². The number of H-pyrrole nitrogens is 1. The molecule has 2 atom stereocenters. The van der Waals surface area contributed by atoms with Crippen molar-refractivity contribution in [1.82, 2.24) is 10.3 Å². The number of aromatic nitrogens is 1. The highest BCUT2D eigenvalue weighted by Gasteiger charge is 2.39. The second-order valence-electron chi connectivity index (χ2n) is 10.3. The Morgan fingerprint density at radius 3 is 2.48 bits per heavy atom. The third-order valence-corrected chi connectivity index (χ3v) is 8.14. The van der Waals surface area contributed by atoms with Crippen LogP contribution in [-0.2, 0) is 22.4 Å². The second-order valence-corrected chi connectivity index (χ2v) is 10.3. The van der Waals surface area contributed by atoms with Gasteiger partial charge in [-0.2, -0.15) is 0 Å². The Labute approximate surface area is 233 Å². The van der Waals surface area contributed by atoms with Crippen LogP contribution >= 0.6 is 0 Å². The number of para-hydroxylation sites is 1. The summed E-state index contributed by atoms with van der Waals surface area (Å²) in [5.41, 5.74) is 6.50. The van der Waals surface area contributed by atoms with Crippen molar-refractivity contribution in [2.75, 3.05) is 32.8 Å². The third-order valence-electron chi connectivity index (χ3n) is 8.14. The molecule has 1 saturated heterocycles. The Balaban J connectivity index is 1.28. The molecule has 4 aromatic rings. The molecule has 3 aromatic carbocycles. The molecule has 2 aliphatic rings. The molecule has 0 saturated carbocycles. The number of amides is 2. The van der Waals surface area contributed by atoms with Crippen LogP contribution in [0.2, 0.25) is 0 Å². The Morgan fingerprint density at radius 2 is 1.73 bits per heavy atom. The van der Waals surface area contributed by atoms with Gasteiger partial charge in [-0.3, -0.25) is 9.59 Å². The molecule has 6 rings (SSSR count). The van der Waals surface area contributed by atoms with E-state index in [2.05, 4.69) is 34.6 Å². The number of anilines is 1. The van der Waals surface area contributed by atoms with Crippen molar-refractivity contribution >= 4 is 28.4 Å². The minimum Gasteiger partial charge on any atom is -0.497 e. The number of hydrogen-bond acceptors (Lipinski definition) is 6. The lowest BCUT2D eigenvalue weighted by molar-refractivity contribution is -0.121. The summed E-state index contributed by atoms with van der Waals surface area (Å²) >= 11 is 0. The van der Waals surface area contributed by atoms with Crippen LogP contribution in [0.15, 0.2) is 60.7 Å². The van der Waals surface area contributed by atoms with Crippen molar-refractivity contribution in [3.05, 3.63) is 83.0 Å². The van der Waals surface area contributed by atoms with E-state index in [-0.39, 0.29) is 24.2 Å². The number of nitrogens with zero attached hydrogens (tertiary/aromatic N) is 1. The molecular weight excluding hydrogens is 506 g/mol. The molecule has 2 N–H and O–H groups in total. The zero-order valence-corrected chi connectivity index (χ0v) is 23.0. The average molecular weight is 540 g/mol. The maximum absolute atomic E-state index is 13.1. The molecule has 40 heavy (non-hydrogen) atoms. The first-order chi connectivity index (χ1) is 19.5. The Morgan fingerprint density at radius 1 is 0.950 bits per heavy atom. The van der Waals surface area contributed by atoms with Gasteiger partial charge < -0.3 is 24.5 Å².